The van der Waals surface area contributed by atoms with Gasteiger partial charge in [-0.05, 0) is 61.8 Å². The van der Waals surface area contributed by atoms with E-state index >= 15 is 0 Å². The molecule has 150 valence electrons. The molecule has 7 heteroatoms. The zero-order chi connectivity index (χ0) is 20.3. The van der Waals surface area contributed by atoms with Crippen molar-refractivity contribution in [1.29, 1.82) is 0 Å². The summed E-state index contributed by atoms with van der Waals surface area (Å²) in [5, 5.41) is 10.2. The molecule has 1 amide bonds. The number of benzene rings is 2. The van der Waals surface area contributed by atoms with Crippen LogP contribution in [0.2, 0.25) is 0 Å². The second-order valence-electron chi connectivity index (χ2n) is 7.32. The van der Waals surface area contributed by atoms with Gasteiger partial charge in [0.05, 0.1) is 6.61 Å². The van der Waals surface area contributed by atoms with Crippen LogP contribution in [0.25, 0.3) is 11.4 Å². The molecule has 0 aliphatic heterocycles. The maximum atomic E-state index is 12.7. The van der Waals surface area contributed by atoms with Gasteiger partial charge in [-0.2, -0.15) is 5.10 Å². The van der Waals surface area contributed by atoms with Crippen molar-refractivity contribution in [2.24, 2.45) is 0 Å². The van der Waals surface area contributed by atoms with E-state index in [-0.39, 0.29) is 17.9 Å². The van der Waals surface area contributed by atoms with Crippen molar-refractivity contribution in [3.05, 3.63) is 64.9 Å². The Kier molecular flexibility index (Phi) is 5.49. The van der Waals surface area contributed by atoms with Crippen LogP contribution in [0.15, 0.2) is 54.6 Å². The van der Waals surface area contributed by atoms with Crippen molar-refractivity contribution in [3.63, 3.8) is 0 Å². The van der Waals surface area contributed by atoms with Gasteiger partial charge in [-0.15, -0.1) is 0 Å². The molecule has 6 nitrogen and oxygen atoms in total. The number of nitrogens with zero attached hydrogens (tertiary/aromatic N) is 2. The van der Waals surface area contributed by atoms with E-state index < -0.39 is 0 Å². The molecule has 1 fully saturated rings. The first-order valence-electron chi connectivity index (χ1n) is 9.82. The van der Waals surface area contributed by atoms with Crippen molar-refractivity contribution in [3.8, 4) is 17.1 Å². The summed E-state index contributed by atoms with van der Waals surface area (Å²) in [6, 6.07) is 18.0. The first-order valence-corrected chi connectivity index (χ1v) is 10.2. The smallest absolute Gasteiger partial charge is 0.240 e. The van der Waals surface area contributed by atoms with Gasteiger partial charge in [0, 0.05) is 17.5 Å². The number of carbonyl (C=O) groups excluding carboxylic acids is 1. The van der Waals surface area contributed by atoms with Gasteiger partial charge in [-0.1, -0.05) is 30.3 Å². The lowest BCUT2D eigenvalue weighted by atomic mass is 9.96. The lowest BCUT2D eigenvalue weighted by molar-refractivity contribution is -0.121. The molecule has 0 atom stereocenters. The molecule has 0 bridgehead atoms. The average Bonchev–Trinajstić information content (AvgIpc) is 3.47. The largest absolute Gasteiger partial charge is 0.494 e. The highest BCUT2D eigenvalue weighted by molar-refractivity contribution is 7.71. The normalized spacial score (nSPS) is 14.4. The summed E-state index contributed by atoms with van der Waals surface area (Å²) in [4.78, 5) is 12.7. The number of aromatic amines is 1. The summed E-state index contributed by atoms with van der Waals surface area (Å²) in [7, 11) is 0. The molecule has 1 aromatic heterocycles. The van der Waals surface area contributed by atoms with E-state index in [2.05, 4.69) is 27.6 Å². The molecule has 0 unspecified atom stereocenters. The summed E-state index contributed by atoms with van der Waals surface area (Å²) in [5.41, 5.74) is 2.24. The molecule has 1 aliphatic rings. The summed E-state index contributed by atoms with van der Waals surface area (Å²) in [6.07, 6.45) is 2.19. The minimum atomic E-state index is -0.0723. The third kappa shape index (κ3) is 4.24. The van der Waals surface area contributed by atoms with Crippen molar-refractivity contribution in [1.82, 2.24) is 20.1 Å². The maximum Gasteiger partial charge on any atom is 0.240 e. The third-order valence-electron chi connectivity index (χ3n) is 5.35. The highest BCUT2D eigenvalue weighted by Crippen LogP contribution is 2.47. The van der Waals surface area contributed by atoms with E-state index in [0.29, 0.717) is 23.7 Å². The zero-order valence-corrected chi connectivity index (χ0v) is 17.2. The van der Waals surface area contributed by atoms with Crippen LogP contribution >= 0.6 is 12.2 Å². The fourth-order valence-electron chi connectivity index (χ4n) is 3.53. The molecule has 29 heavy (non-hydrogen) atoms. The fraction of sp³-hybridized carbons (Fsp3) is 0.318. The zero-order valence-electron chi connectivity index (χ0n) is 16.4. The van der Waals surface area contributed by atoms with Gasteiger partial charge in [0.25, 0.3) is 0 Å². The summed E-state index contributed by atoms with van der Waals surface area (Å²) in [5.74, 6) is 1.36. The second kappa shape index (κ2) is 8.21. The van der Waals surface area contributed by atoms with Gasteiger partial charge in [0.15, 0.2) is 10.6 Å². The Morgan fingerprint density at radius 1 is 1.21 bits per heavy atom. The van der Waals surface area contributed by atoms with E-state index in [1.54, 1.807) is 4.57 Å². The van der Waals surface area contributed by atoms with Crippen LogP contribution in [0.3, 0.4) is 0 Å². The lowest BCUT2D eigenvalue weighted by Gasteiger charge is -2.17. The van der Waals surface area contributed by atoms with E-state index in [1.807, 2.05) is 49.4 Å². The van der Waals surface area contributed by atoms with Gasteiger partial charge < -0.3 is 10.1 Å². The van der Waals surface area contributed by atoms with Gasteiger partial charge in [-0.3, -0.25) is 14.5 Å². The average molecular weight is 409 g/mol. The Morgan fingerprint density at radius 3 is 2.59 bits per heavy atom. The van der Waals surface area contributed by atoms with Crippen molar-refractivity contribution in [2.45, 2.75) is 31.7 Å². The molecule has 0 spiro atoms. The number of rotatable bonds is 8. The summed E-state index contributed by atoms with van der Waals surface area (Å²) in [6.45, 7) is 3.33. The van der Waals surface area contributed by atoms with E-state index in [9.17, 15) is 4.79 Å². The standard InChI is InChI=1S/C22H24N4O2S/c1-2-28-18-10-8-16(9-11-18)20-24-25-21(29)26(20)14-19(27)23-15-22(12-13-22)17-6-4-3-5-7-17/h3-11H,2,12-15H2,1H3,(H,23,27)(H,25,29). The predicted molar refractivity (Wildman–Crippen MR) is 114 cm³/mol. The molecule has 0 radical (unpaired) electrons. The Hall–Kier alpha value is -2.93. The van der Waals surface area contributed by atoms with Crippen LogP contribution in [0, 0.1) is 4.77 Å². The number of aromatic nitrogens is 3. The maximum absolute atomic E-state index is 12.7. The second-order valence-corrected chi connectivity index (χ2v) is 7.71. The molecule has 1 saturated carbocycles. The highest BCUT2D eigenvalue weighted by atomic mass is 32.1. The van der Waals surface area contributed by atoms with Crippen LogP contribution in [0.4, 0.5) is 0 Å². The van der Waals surface area contributed by atoms with Crippen LogP contribution in [0.1, 0.15) is 25.3 Å². The first-order chi connectivity index (χ1) is 14.1. The predicted octanol–water partition coefficient (Wildman–Crippen LogP) is 3.85. The van der Waals surface area contributed by atoms with Crippen molar-refractivity contribution < 1.29 is 9.53 Å². The minimum absolute atomic E-state index is 0.0723. The van der Waals surface area contributed by atoms with Crippen molar-refractivity contribution in [2.75, 3.05) is 13.2 Å². The quantitative estimate of drug-likeness (QED) is 0.555. The highest BCUT2D eigenvalue weighted by Gasteiger charge is 2.44. The van der Waals surface area contributed by atoms with Crippen LogP contribution in [-0.2, 0) is 16.8 Å². The van der Waals surface area contributed by atoms with Gasteiger partial charge in [-0.25, -0.2) is 0 Å². The number of hydrogen-bond acceptors (Lipinski definition) is 4. The SMILES string of the molecule is CCOc1ccc(-c2n[nH]c(=S)n2CC(=O)NCC2(c3ccccc3)CC2)cc1. The third-order valence-corrected chi connectivity index (χ3v) is 5.66. The molecule has 2 aromatic carbocycles. The number of carbonyl (C=O) groups is 1. The van der Waals surface area contributed by atoms with E-state index in [4.69, 9.17) is 17.0 Å². The van der Waals surface area contributed by atoms with E-state index in [1.165, 1.54) is 5.56 Å². The van der Waals surface area contributed by atoms with Crippen LogP contribution in [-0.4, -0.2) is 33.8 Å². The first kappa shape index (κ1) is 19.4. The topological polar surface area (TPSA) is 71.9 Å². The Labute approximate surface area is 174 Å². The Morgan fingerprint density at radius 2 is 1.93 bits per heavy atom. The fourth-order valence-corrected chi connectivity index (χ4v) is 3.73. The van der Waals surface area contributed by atoms with Crippen LogP contribution < -0.4 is 10.1 Å². The molecule has 3 aromatic rings. The summed E-state index contributed by atoms with van der Waals surface area (Å²) < 4.78 is 7.63. The number of amides is 1. The van der Waals surface area contributed by atoms with Gasteiger partial charge in [0.1, 0.15) is 12.3 Å². The van der Waals surface area contributed by atoms with E-state index in [0.717, 1.165) is 24.2 Å². The number of nitrogens with one attached hydrogen (secondary N) is 2. The van der Waals surface area contributed by atoms with Crippen molar-refractivity contribution >= 4 is 18.1 Å². The summed E-state index contributed by atoms with van der Waals surface area (Å²) >= 11 is 5.35. The molecule has 0 saturated heterocycles. The van der Waals surface area contributed by atoms with Gasteiger partial charge >= 0.3 is 0 Å². The molecule has 2 N–H and O–H groups in total. The molecule has 4 rings (SSSR count). The van der Waals surface area contributed by atoms with Crippen LogP contribution in [0.5, 0.6) is 5.75 Å². The minimum Gasteiger partial charge on any atom is -0.494 e. The van der Waals surface area contributed by atoms with Gasteiger partial charge in [0.2, 0.25) is 5.91 Å². The number of hydrogen-bond donors (Lipinski definition) is 2. The Balaban J connectivity index is 1.44. The molecular weight excluding hydrogens is 384 g/mol. The molecular formula is C22H24N4O2S. The Bertz CT molecular complexity index is 1040. The monoisotopic (exact) mass is 408 g/mol. The molecule has 1 heterocycles. The lowest BCUT2D eigenvalue weighted by Crippen LogP contribution is -2.34. The molecule has 1 aliphatic carbocycles. The number of H-pyrrole nitrogens is 1. The number of ether oxygens (including phenoxy) is 1.